The zero-order valence-electron chi connectivity index (χ0n) is 39.6. The minimum atomic E-state index is 0.911. The van der Waals surface area contributed by atoms with Crippen LogP contribution in [0, 0.1) is 82.9 Å². The van der Waals surface area contributed by atoms with Crippen LogP contribution in [0.25, 0.3) is 0 Å². The summed E-state index contributed by atoms with van der Waals surface area (Å²) in [7, 11) is 0. The lowest BCUT2D eigenvalue weighted by atomic mass is 9.58. The van der Waals surface area contributed by atoms with E-state index in [1.54, 1.807) is 218 Å². The molecule has 11 unspecified atom stereocenters. The number of hydrogen-bond donors (Lipinski definition) is 0. The van der Waals surface area contributed by atoms with Crippen LogP contribution in [0.15, 0.2) is 0 Å². The third kappa shape index (κ3) is 8.61. The zero-order chi connectivity index (χ0) is 40.3. The molecule has 3 heteroatoms. The number of fused-ring (bicyclic) bond motifs is 8. The predicted molar refractivity (Wildman–Crippen MR) is 263 cm³/mol. The Bertz CT molecular complexity index is 1330. The molecule has 12 aliphatic rings. The molecule has 12 fully saturated rings. The average Bonchev–Trinajstić information content (AvgIpc) is 3.91. The SMILES string of the molecule is C1CCC(C2CCC(C3CCC(N(C4CCC(C5CCC(C6CCCCC6)CC5)CC4)C4C5CCCCC5CC5C6CCC7SC8CCCCC8C7C6SC54)CC3)CC2)CC1. The van der Waals surface area contributed by atoms with Gasteiger partial charge in [0.2, 0.25) is 0 Å². The van der Waals surface area contributed by atoms with Gasteiger partial charge in [0.05, 0.1) is 0 Å². The van der Waals surface area contributed by atoms with Crippen molar-refractivity contribution in [3.05, 3.63) is 0 Å². The van der Waals surface area contributed by atoms with E-state index < -0.39 is 0 Å². The van der Waals surface area contributed by atoms with Crippen LogP contribution in [0.3, 0.4) is 0 Å². The van der Waals surface area contributed by atoms with E-state index in [-0.39, 0.29) is 0 Å². The van der Waals surface area contributed by atoms with Crippen LogP contribution in [0.4, 0.5) is 0 Å². The van der Waals surface area contributed by atoms with Gasteiger partial charge >= 0.3 is 0 Å². The zero-order valence-corrected chi connectivity index (χ0v) is 41.2. The Kier molecular flexibility index (Phi) is 13.6. The standard InChI is InChI=1S/C58H95NS2/c1-3-11-38(12-4-1)40-19-23-42(24-20-40)44-27-31-47(32-28-44)59(48-33-29-45(30-34-48)43-25-21-41(22-26-43)39-13-5-2-6-14-39)56-49-16-8-7-15-46(49)37-52-50-35-36-54-55(57(50)61-58(52)56)51-17-9-10-18-53(51)60-54/h38-58H,1-37H2. The van der Waals surface area contributed by atoms with E-state index in [2.05, 4.69) is 28.4 Å². The second-order valence-corrected chi connectivity index (χ2v) is 28.7. The first kappa shape index (κ1) is 43.0. The Morgan fingerprint density at radius 2 is 0.689 bits per heavy atom. The fourth-order valence-electron chi connectivity index (χ4n) is 20.5. The van der Waals surface area contributed by atoms with Gasteiger partial charge in [-0.25, -0.2) is 0 Å². The summed E-state index contributed by atoms with van der Waals surface area (Å²) in [4.78, 5) is 3.58. The quantitative estimate of drug-likeness (QED) is 0.251. The Morgan fingerprint density at radius 1 is 0.262 bits per heavy atom. The highest BCUT2D eigenvalue weighted by Crippen LogP contribution is 2.67. The van der Waals surface area contributed by atoms with Crippen molar-refractivity contribution in [2.24, 2.45) is 82.9 Å². The van der Waals surface area contributed by atoms with Crippen LogP contribution in [-0.2, 0) is 0 Å². The molecule has 0 amide bonds. The molecule has 2 saturated heterocycles. The summed E-state index contributed by atoms with van der Waals surface area (Å²) < 4.78 is 0. The van der Waals surface area contributed by atoms with E-state index in [0.29, 0.717) is 0 Å². The average molecular weight is 871 g/mol. The molecule has 0 N–H and O–H groups in total. The summed E-state index contributed by atoms with van der Waals surface area (Å²) in [6.45, 7) is 0. The van der Waals surface area contributed by atoms with Gasteiger partial charge in [0.25, 0.3) is 0 Å². The fourth-order valence-corrected chi connectivity index (χ4v) is 25.2. The smallest absolute Gasteiger partial charge is 0.0254 e. The van der Waals surface area contributed by atoms with Crippen molar-refractivity contribution >= 4 is 23.5 Å². The summed E-state index contributed by atoms with van der Waals surface area (Å²) in [6.07, 6.45) is 58.4. The van der Waals surface area contributed by atoms with E-state index >= 15 is 0 Å². The molecule has 0 aromatic carbocycles. The third-order valence-corrected chi connectivity index (χ3v) is 27.2. The van der Waals surface area contributed by atoms with Crippen molar-refractivity contribution in [1.82, 2.24) is 4.90 Å². The lowest BCUT2D eigenvalue weighted by Crippen LogP contribution is -2.62. The largest absolute Gasteiger partial charge is 0.293 e. The van der Waals surface area contributed by atoms with E-state index in [4.69, 9.17) is 0 Å². The first-order valence-electron chi connectivity index (χ1n) is 29.3. The summed E-state index contributed by atoms with van der Waals surface area (Å²) in [5.41, 5.74) is 0. The van der Waals surface area contributed by atoms with Crippen molar-refractivity contribution < 1.29 is 0 Å². The van der Waals surface area contributed by atoms with Gasteiger partial charge in [0.15, 0.2) is 0 Å². The molecular weight excluding hydrogens is 775 g/mol. The minimum Gasteiger partial charge on any atom is -0.293 e. The minimum absolute atomic E-state index is 0.911. The highest BCUT2D eigenvalue weighted by Gasteiger charge is 2.62. The van der Waals surface area contributed by atoms with Crippen molar-refractivity contribution in [2.75, 3.05) is 0 Å². The van der Waals surface area contributed by atoms with E-state index in [9.17, 15) is 0 Å². The second-order valence-electron chi connectivity index (χ2n) is 25.9. The van der Waals surface area contributed by atoms with Crippen molar-refractivity contribution in [1.29, 1.82) is 0 Å². The van der Waals surface area contributed by atoms with Gasteiger partial charge in [-0.1, -0.05) is 96.3 Å². The Labute approximate surface area is 385 Å². The molecule has 61 heavy (non-hydrogen) atoms. The van der Waals surface area contributed by atoms with Gasteiger partial charge in [0, 0.05) is 39.1 Å². The first-order valence-corrected chi connectivity index (χ1v) is 31.2. The molecule has 10 saturated carbocycles. The fraction of sp³-hybridized carbons (Fsp3) is 1.00. The number of thioether (sulfide) groups is 2. The van der Waals surface area contributed by atoms with Gasteiger partial charge in [-0.05, 0) is 224 Å². The Hall–Kier alpha value is 0.660. The number of hydrogen-bond acceptors (Lipinski definition) is 3. The molecule has 12 rings (SSSR count). The van der Waals surface area contributed by atoms with Crippen LogP contribution in [-0.4, -0.2) is 44.0 Å². The molecule has 1 nitrogen and oxygen atoms in total. The van der Waals surface area contributed by atoms with Crippen LogP contribution in [0.5, 0.6) is 0 Å². The van der Waals surface area contributed by atoms with E-state index in [1.807, 2.05) is 0 Å². The summed E-state index contributed by atoms with van der Waals surface area (Å²) in [5.74, 6) is 15.1. The van der Waals surface area contributed by atoms with Crippen molar-refractivity contribution in [3.8, 4) is 0 Å². The summed E-state index contributed by atoms with van der Waals surface area (Å²) in [6, 6.07) is 2.75. The number of nitrogens with zero attached hydrogens (tertiary/aromatic N) is 1. The van der Waals surface area contributed by atoms with Crippen LogP contribution >= 0.6 is 23.5 Å². The normalized spacial score (nSPS) is 51.2. The van der Waals surface area contributed by atoms with Crippen LogP contribution < -0.4 is 0 Å². The predicted octanol–water partition coefficient (Wildman–Crippen LogP) is 16.6. The van der Waals surface area contributed by atoms with Crippen LogP contribution in [0.2, 0.25) is 0 Å². The van der Waals surface area contributed by atoms with Crippen molar-refractivity contribution in [3.63, 3.8) is 0 Å². The molecule has 344 valence electrons. The van der Waals surface area contributed by atoms with Gasteiger partial charge < -0.3 is 0 Å². The second kappa shape index (κ2) is 19.3. The molecule has 0 spiro atoms. The molecule has 10 aliphatic carbocycles. The molecule has 0 radical (unpaired) electrons. The van der Waals surface area contributed by atoms with E-state index in [1.165, 1.54) is 19.3 Å². The van der Waals surface area contributed by atoms with Crippen LogP contribution in [0.1, 0.15) is 238 Å². The Balaban J connectivity index is 0.773. The van der Waals surface area contributed by atoms with Gasteiger partial charge in [0.1, 0.15) is 0 Å². The highest BCUT2D eigenvalue weighted by molar-refractivity contribution is 8.02. The van der Waals surface area contributed by atoms with Gasteiger partial charge in [-0.2, -0.15) is 23.5 Å². The maximum absolute atomic E-state index is 3.58. The molecule has 0 bridgehead atoms. The lowest BCUT2D eigenvalue weighted by molar-refractivity contribution is -0.0590. The summed E-state index contributed by atoms with van der Waals surface area (Å²) >= 11 is 5.29. The molecule has 2 aliphatic heterocycles. The number of rotatable bonds is 7. The molecule has 2 heterocycles. The maximum Gasteiger partial charge on any atom is 0.0254 e. The third-order valence-electron chi connectivity index (χ3n) is 23.5. The summed E-state index contributed by atoms with van der Waals surface area (Å²) in [5, 5.41) is 4.06. The monoisotopic (exact) mass is 870 g/mol. The molecular formula is C58H95NS2. The topological polar surface area (TPSA) is 3.24 Å². The molecule has 0 aromatic rings. The van der Waals surface area contributed by atoms with E-state index in [0.717, 1.165) is 122 Å². The van der Waals surface area contributed by atoms with Gasteiger partial charge in [-0.15, -0.1) is 0 Å². The molecule has 0 aromatic heterocycles. The highest BCUT2D eigenvalue weighted by atomic mass is 32.2. The van der Waals surface area contributed by atoms with Gasteiger partial charge in [-0.3, -0.25) is 4.90 Å². The van der Waals surface area contributed by atoms with Crippen molar-refractivity contribution in [2.45, 2.75) is 277 Å². The molecule has 11 atom stereocenters. The maximum atomic E-state index is 3.58. The Morgan fingerprint density at radius 3 is 1.23 bits per heavy atom. The first-order chi connectivity index (χ1) is 30.2. The lowest BCUT2D eigenvalue weighted by Gasteiger charge is -2.57.